The van der Waals surface area contributed by atoms with Gasteiger partial charge in [0.15, 0.2) is 0 Å². The highest BCUT2D eigenvalue weighted by Crippen LogP contribution is 2.22. The highest BCUT2D eigenvalue weighted by molar-refractivity contribution is 5.66. The second-order valence-electron chi connectivity index (χ2n) is 4.12. The third kappa shape index (κ3) is 1.74. The summed E-state index contributed by atoms with van der Waals surface area (Å²) in [4.78, 5) is 4.34. The summed E-state index contributed by atoms with van der Waals surface area (Å²) in [5.74, 6) is 1.39. The second kappa shape index (κ2) is 3.89. The Kier molecular flexibility index (Phi) is 2.56. The van der Waals surface area contributed by atoms with Crippen molar-refractivity contribution in [1.29, 1.82) is 0 Å². The number of anilines is 2. The van der Waals surface area contributed by atoms with Gasteiger partial charge in [0.1, 0.15) is 5.82 Å². The molecule has 16 heavy (non-hydrogen) atoms. The highest BCUT2D eigenvalue weighted by Gasteiger charge is 2.09. The fraction of sp³-hybridized carbons (Fsp3) is 0.250. The Morgan fingerprint density at radius 2 is 1.94 bits per heavy atom. The van der Waals surface area contributed by atoms with Gasteiger partial charge in [-0.05, 0) is 18.2 Å². The van der Waals surface area contributed by atoms with Crippen molar-refractivity contribution >= 4 is 11.4 Å². The van der Waals surface area contributed by atoms with E-state index in [-0.39, 0.29) is 0 Å². The summed E-state index contributed by atoms with van der Waals surface area (Å²) < 4.78 is 2.03. The first-order valence-electron chi connectivity index (χ1n) is 5.28. The quantitative estimate of drug-likeness (QED) is 0.756. The number of aromatic nitrogens is 2. The largest absolute Gasteiger partial charge is 0.397 e. The van der Waals surface area contributed by atoms with Crippen molar-refractivity contribution in [2.45, 2.75) is 19.8 Å². The molecule has 0 amide bonds. The van der Waals surface area contributed by atoms with Crippen LogP contribution in [0.1, 0.15) is 25.6 Å². The molecule has 0 atom stereocenters. The van der Waals surface area contributed by atoms with Gasteiger partial charge in [-0.1, -0.05) is 13.8 Å². The molecule has 0 fully saturated rings. The molecular weight excluding hydrogens is 200 g/mol. The number of imidazole rings is 1. The number of benzene rings is 1. The van der Waals surface area contributed by atoms with E-state index >= 15 is 0 Å². The number of nitrogens with two attached hydrogens (primary N) is 2. The molecule has 0 aliphatic rings. The lowest BCUT2D eigenvalue weighted by Gasteiger charge is -2.11. The number of nitrogens with zero attached hydrogens (tertiary/aromatic N) is 2. The summed E-state index contributed by atoms with van der Waals surface area (Å²) >= 11 is 0. The Hall–Kier alpha value is -1.97. The van der Waals surface area contributed by atoms with E-state index < -0.39 is 0 Å². The van der Waals surface area contributed by atoms with Crippen molar-refractivity contribution in [2.24, 2.45) is 0 Å². The van der Waals surface area contributed by atoms with Crippen LogP contribution >= 0.6 is 0 Å². The first kappa shape index (κ1) is 10.5. The Labute approximate surface area is 94.9 Å². The summed E-state index contributed by atoms with van der Waals surface area (Å²) in [5.41, 5.74) is 13.7. The maximum absolute atomic E-state index is 5.79. The zero-order valence-electron chi connectivity index (χ0n) is 9.51. The molecule has 0 radical (unpaired) electrons. The van der Waals surface area contributed by atoms with Gasteiger partial charge in [-0.15, -0.1) is 0 Å². The Bertz CT molecular complexity index is 499. The van der Waals surface area contributed by atoms with E-state index in [1.165, 1.54) is 0 Å². The molecule has 0 bridgehead atoms. The number of hydrogen-bond donors (Lipinski definition) is 2. The minimum atomic E-state index is 0.369. The van der Waals surface area contributed by atoms with Crippen molar-refractivity contribution < 1.29 is 0 Å². The zero-order valence-corrected chi connectivity index (χ0v) is 9.51. The van der Waals surface area contributed by atoms with E-state index in [1.54, 1.807) is 6.20 Å². The van der Waals surface area contributed by atoms with E-state index in [0.29, 0.717) is 17.3 Å². The molecule has 4 heteroatoms. The van der Waals surface area contributed by atoms with Crippen LogP contribution in [0.3, 0.4) is 0 Å². The molecule has 1 heterocycles. The van der Waals surface area contributed by atoms with Gasteiger partial charge < -0.3 is 16.0 Å². The van der Waals surface area contributed by atoms with Gasteiger partial charge >= 0.3 is 0 Å². The molecule has 4 nitrogen and oxygen atoms in total. The van der Waals surface area contributed by atoms with Crippen LogP contribution in [0, 0.1) is 0 Å². The van der Waals surface area contributed by atoms with E-state index in [1.807, 2.05) is 29.0 Å². The monoisotopic (exact) mass is 216 g/mol. The van der Waals surface area contributed by atoms with Crippen LogP contribution in [0.2, 0.25) is 0 Å². The summed E-state index contributed by atoms with van der Waals surface area (Å²) in [6.07, 6.45) is 3.72. The molecule has 0 unspecified atom stereocenters. The molecule has 1 aromatic carbocycles. The summed E-state index contributed by atoms with van der Waals surface area (Å²) in [7, 11) is 0. The lowest BCUT2D eigenvalue weighted by molar-refractivity contribution is 0.752. The van der Waals surface area contributed by atoms with Gasteiger partial charge in [0.25, 0.3) is 0 Å². The number of hydrogen-bond acceptors (Lipinski definition) is 3. The van der Waals surface area contributed by atoms with E-state index in [0.717, 1.165) is 11.5 Å². The van der Waals surface area contributed by atoms with Crippen LogP contribution in [-0.4, -0.2) is 9.55 Å². The van der Waals surface area contributed by atoms with Crippen LogP contribution in [0.25, 0.3) is 5.69 Å². The first-order valence-corrected chi connectivity index (χ1v) is 5.28. The number of nitrogen functional groups attached to an aromatic ring is 2. The third-order valence-corrected chi connectivity index (χ3v) is 2.53. The maximum atomic E-state index is 5.79. The molecule has 0 saturated heterocycles. The lowest BCUT2D eigenvalue weighted by Crippen LogP contribution is -2.03. The van der Waals surface area contributed by atoms with Crippen LogP contribution in [0.5, 0.6) is 0 Å². The molecule has 1 aromatic heterocycles. The summed E-state index contributed by atoms with van der Waals surface area (Å²) in [5, 5.41) is 0. The summed E-state index contributed by atoms with van der Waals surface area (Å²) in [6, 6.07) is 5.62. The van der Waals surface area contributed by atoms with E-state index in [4.69, 9.17) is 11.5 Å². The molecule has 2 rings (SSSR count). The SMILES string of the molecule is CC(C)c1nccn1-c1ccc(N)c(N)c1. The number of rotatable bonds is 2. The highest BCUT2D eigenvalue weighted by atomic mass is 15.1. The fourth-order valence-electron chi connectivity index (χ4n) is 1.67. The van der Waals surface area contributed by atoms with Gasteiger partial charge in [0, 0.05) is 24.0 Å². The van der Waals surface area contributed by atoms with Crippen LogP contribution < -0.4 is 11.5 Å². The van der Waals surface area contributed by atoms with Crippen molar-refractivity contribution in [3.8, 4) is 5.69 Å². The Morgan fingerprint density at radius 1 is 1.19 bits per heavy atom. The van der Waals surface area contributed by atoms with Gasteiger partial charge in [-0.2, -0.15) is 0 Å². The lowest BCUT2D eigenvalue weighted by atomic mass is 10.2. The molecule has 0 spiro atoms. The maximum Gasteiger partial charge on any atom is 0.115 e. The standard InChI is InChI=1S/C12H16N4/c1-8(2)12-15-5-6-16(12)9-3-4-10(13)11(14)7-9/h3-8H,13-14H2,1-2H3. The fourth-order valence-corrected chi connectivity index (χ4v) is 1.67. The van der Waals surface area contributed by atoms with Crippen LogP contribution in [0.15, 0.2) is 30.6 Å². The molecule has 2 aromatic rings. The normalized spacial score (nSPS) is 10.9. The smallest absolute Gasteiger partial charge is 0.115 e. The molecule has 0 aliphatic heterocycles. The van der Waals surface area contributed by atoms with Crippen molar-refractivity contribution in [3.05, 3.63) is 36.4 Å². The first-order chi connectivity index (χ1) is 7.59. The predicted molar refractivity (Wildman–Crippen MR) is 66.5 cm³/mol. The van der Waals surface area contributed by atoms with Gasteiger partial charge in [-0.3, -0.25) is 0 Å². The molecule has 84 valence electrons. The topological polar surface area (TPSA) is 69.9 Å². The Morgan fingerprint density at radius 3 is 2.56 bits per heavy atom. The minimum Gasteiger partial charge on any atom is -0.397 e. The second-order valence-corrected chi connectivity index (χ2v) is 4.12. The molecule has 0 aliphatic carbocycles. The molecule has 0 saturated carbocycles. The van der Waals surface area contributed by atoms with E-state index in [2.05, 4.69) is 18.8 Å². The predicted octanol–water partition coefficient (Wildman–Crippen LogP) is 2.16. The van der Waals surface area contributed by atoms with Crippen molar-refractivity contribution in [2.75, 3.05) is 11.5 Å². The zero-order chi connectivity index (χ0) is 11.7. The van der Waals surface area contributed by atoms with Crippen LogP contribution in [-0.2, 0) is 0 Å². The Balaban J connectivity index is 2.50. The average Bonchev–Trinajstić information content (AvgIpc) is 2.71. The summed E-state index contributed by atoms with van der Waals surface area (Å²) in [6.45, 7) is 4.22. The molecule has 4 N–H and O–H groups in total. The minimum absolute atomic E-state index is 0.369. The third-order valence-electron chi connectivity index (χ3n) is 2.53. The van der Waals surface area contributed by atoms with Gasteiger partial charge in [0.2, 0.25) is 0 Å². The molecular formula is C12H16N4. The van der Waals surface area contributed by atoms with Crippen molar-refractivity contribution in [1.82, 2.24) is 9.55 Å². The van der Waals surface area contributed by atoms with Gasteiger partial charge in [-0.25, -0.2) is 4.98 Å². The van der Waals surface area contributed by atoms with Gasteiger partial charge in [0.05, 0.1) is 11.4 Å². The van der Waals surface area contributed by atoms with E-state index in [9.17, 15) is 0 Å². The van der Waals surface area contributed by atoms with Crippen LogP contribution in [0.4, 0.5) is 11.4 Å². The van der Waals surface area contributed by atoms with Crippen molar-refractivity contribution in [3.63, 3.8) is 0 Å². The average molecular weight is 216 g/mol.